The van der Waals surface area contributed by atoms with Crippen LogP contribution < -0.4 is 5.32 Å². The fourth-order valence-corrected chi connectivity index (χ4v) is 2.80. The van der Waals surface area contributed by atoms with Crippen LogP contribution in [0.15, 0.2) is 0 Å². The molecule has 0 heterocycles. The molecule has 2 fully saturated rings. The minimum Gasteiger partial charge on any atom is -0.379 e. The Balaban J connectivity index is 1.78. The summed E-state index contributed by atoms with van der Waals surface area (Å²) in [5.41, 5.74) is 0.0322. The lowest BCUT2D eigenvalue weighted by Gasteiger charge is -2.38. The molecule has 0 unspecified atom stereocenters. The quantitative estimate of drug-likeness (QED) is 0.733. The number of nitrogens with one attached hydrogen (secondary N) is 1. The predicted molar refractivity (Wildman–Crippen MR) is 78.5 cm³/mol. The summed E-state index contributed by atoms with van der Waals surface area (Å²) < 4.78 is 11.8. The Morgan fingerprint density at radius 1 is 1.16 bits per heavy atom. The molecule has 0 amide bonds. The summed E-state index contributed by atoms with van der Waals surface area (Å²) in [5.74, 6) is 0. The fourth-order valence-electron chi connectivity index (χ4n) is 2.80. The van der Waals surface area contributed by atoms with E-state index in [2.05, 4.69) is 19.2 Å². The molecular formula is C16H31NO2. The molecule has 19 heavy (non-hydrogen) atoms. The average molecular weight is 269 g/mol. The number of ether oxygens (including phenoxy) is 2. The summed E-state index contributed by atoms with van der Waals surface area (Å²) in [6.45, 7) is 6.12. The van der Waals surface area contributed by atoms with E-state index in [4.69, 9.17) is 9.47 Å². The molecule has 0 saturated heterocycles. The Bertz CT molecular complexity index is 268. The van der Waals surface area contributed by atoms with Crippen molar-refractivity contribution in [3.05, 3.63) is 0 Å². The van der Waals surface area contributed by atoms with Gasteiger partial charge < -0.3 is 14.8 Å². The highest BCUT2D eigenvalue weighted by Crippen LogP contribution is 2.33. The monoisotopic (exact) mass is 269 g/mol. The molecule has 2 saturated carbocycles. The molecule has 0 spiro atoms. The maximum atomic E-state index is 6.34. The van der Waals surface area contributed by atoms with Crippen LogP contribution >= 0.6 is 0 Å². The van der Waals surface area contributed by atoms with Crippen molar-refractivity contribution >= 4 is 0 Å². The van der Waals surface area contributed by atoms with Crippen LogP contribution in [0.2, 0.25) is 0 Å². The van der Waals surface area contributed by atoms with E-state index in [1.165, 1.54) is 44.9 Å². The van der Waals surface area contributed by atoms with Gasteiger partial charge in [-0.25, -0.2) is 0 Å². The largest absolute Gasteiger partial charge is 0.379 e. The van der Waals surface area contributed by atoms with Gasteiger partial charge in [-0.2, -0.15) is 0 Å². The third-order valence-electron chi connectivity index (χ3n) is 4.72. The van der Waals surface area contributed by atoms with Crippen molar-refractivity contribution in [3.63, 3.8) is 0 Å². The molecule has 0 radical (unpaired) electrons. The van der Waals surface area contributed by atoms with E-state index < -0.39 is 0 Å². The van der Waals surface area contributed by atoms with Gasteiger partial charge >= 0.3 is 0 Å². The van der Waals surface area contributed by atoms with Crippen LogP contribution in [-0.2, 0) is 9.47 Å². The maximum Gasteiger partial charge on any atom is 0.0806 e. The highest BCUT2D eigenvalue weighted by atomic mass is 16.5. The second-order valence-electron chi connectivity index (χ2n) is 6.96. The molecule has 0 aliphatic heterocycles. The van der Waals surface area contributed by atoms with Crippen molar-refractivity contribution in [2.45, 2.75) is 82.5 Å². The van der Waals surface area contributed by atoms with E-state index in [-0.39, 0.29) is 11.2 Å². The zero-order chi connectivity index (χ0) is 13.8. The highest BCUT2D eigenvalue weighted by molar-refractivity contribution is 4.91. The van der Waals surface area contributed by atoms with Crippen molar-refractivity contribution in [2.75, 3.05) is 20.3 Å². The first-order chi connectivity index (χ1) is 9.05. The minimum atomic E-state index is -0.0697. The maximum absolute atomic E-state index is 6.34. The first-order valence-electron chi connectivity index (χ1n) is 7.98. The average Bonchev–Trinajstić information content (AvgIpc) is 3.22. The Morgan fingerprint density at radius 2 is 1.84 bits per heavy atom. The molecule has 0 atom stereocenters. The van der Waals surface area contributed by atoms with Crippen LogP contribution in [0, 0.1) is 0 Å². The standard InChI is InChI=1S/C16H31NO2/c1-15(2,18-3)11-12-19-16(9-5-4-6-10-16)13-17-14-7-8-14/h14,17H,4-13H2,1-3H3. The van der Waals surface area contributed by atoms with E-state index in [0.29, 0.717) is 0 Å². The van der Waals surface area contributed by atoms with E-state index in [0.717, 1.165) is 25.6 Å². The van der Waals surface area contributed by atoms with Gasteiger partial charge in [0.05, 0.1) is 17.8 Å². The first-order valence-corrected chi connectivity index (χ1v) is 7.98. The van der Waals surface area contributed by atoms with E-state index >= 15 is 0 Å². The Labute approximate surface area is 118 Å². The topological polar surface area (TPSA) is 30.5 Å². The number of rotatable bonds is 8. The van der Waals surface area contributed by atoms with Crippen molar-refractivity contribution < 1.29 is 9.47 Å². The van der Waals surface area contributed by atoms with Crippen molar-refractivity contribution in [1.29, 1.82) is 0 Å². The molecule has 2 aliphatic rings. The van der Waals surface area contributed by atoms with Crippen LogP contribution in [0.25, 0.3) is 0 Å². The zero-order valence-corrected chi connectivity index (χ0v) is 13.0. The first kappa shape index (κ1) is 15.3. The second-order valence-corrected chi connectivity index (χ2v) is 6.96. The SMILES string of the molecule is COC(C)(C)CCOC1(CNC2CC2)CCCCC1. The smallest absolute Gasteiger partial charge is 0.0806 e. The molecule has 112 valence electrons. The van der Waals surface area contributed by atoms with Gasteiger partial charge in [0.25, 0.3) is 0 Å². The molecule has 1 N–H and O–H groups in total. The van der Waals surface area contributed by atoms with E-state index in [1.54, 1.807) is 7.11 Å². The molecule has 3 nitrogen and oxygen atoms in total. The molecule has 2 rings (SSSR count). The summed E-state index contributed by atoms with van der Waals surface area (Å²) in [6, 6.07) is 0.776. The van der Waals surface area contributed by atoms with Crippen molar-refractivity contribution in [3.8, 4) is 0 Å². The number of hydrogen-bond donors (Lipinski definition) is 1. The third-order valence-corrected chi connectivity index (χ3v) is 4.72. The summed E-state index contributed by atoms with van der Waals surface area (Å²) >= 11 is 0. The van der Waals surface area contributed by atoms with Gasteiger partial charge in [-0.1, -0.05) is 19.3 Å². The second kappa shape index (κ2) is 6.55. The summed E-state index contributed by atoms with van der Waals surface area (Å²) in [7, 11) is 1.78. The van der Waals surface area contributed by atoms with Crippen molar-refractivity contribution in [1.82, 2.24) is 5.32 Å². The van der Waals surface area contributed by atoms with E-state index in [1.807, 2.05) is 0 Å². The van der Waals surface area contributed by atoms with Crippen LogP contribution in [0.4, 0.5) is 0 Å². The number of hydrogen-bond acceptors (Lipinski definition) is 3. The van der Waals surface area contributed by atoms with Gasteiger partial charge in [0.2, 0.25) is 0 Å². The lowest BCUT2D eigenvalue weighted by atomic mass is 9.84. The Hall–Kier alpha value is -0.120. The fraction of sp³-hybridized carbons (Fsp3) is 1.00. The van der Waals surface area contributed by atoms with Crippen LogP contribution in [0.3, 0.4) is 0 Å². The predicted octanol–water partition coefficient (Wildman–Crippen LogP) is 3.27. The molecule has 3 heteroatoms. The van der Waals surface area contributed by atoms with Gasteiger partial charge in [0, 0.05) is 19.7 Å². The van der Waals surface area contributed by atoms with Gasteiger partial charge in [-0.3, -0.25) is 0 Å². The van der Waals surface area contributed by atoms with Gasteiger partial charge in [-0.15, -0.1) is 0 Å². The molecular weight excluding hydrogens is 238 g/mol. The molecule has 0 aromatic rings. The lowest BCUT2D eigenvalue weighted by molar-refractivity contribution is -0.0908. The minimum absolute atomic E-state index is 0.0697. The normalized spacial score (nSPS) is 23.5. The van der Waals surface area contributed by atoms with Gasteiger partial charge in [-0.05, 0) is 46.0 Å². The highest BCUT2D eigenvalue weighted by Gasteiger charge is 2.35. The van der Waals surface area contributed by atoms with Gasteiger partial charge in [0.15, 0.2) is 0 Å². The van der Waals surface area contributed by atoms with Crippen molar-refractivity contribution in [2.24, 2.45) is 0 Å². The molecule has 0 aromatic heterocycles. The Morgan fingerprint density at radius 3 is 2.42 bits per heavy atom. The number of methoxy groups -OCH3 is 1. The molecule has 0 bridgehead atoms. The van der Waals surface area contributed by atoms with Gasteiger partial charge in [0.1, 0.15) is 0 Å². The summed E-state index contributed by atoms with van der Waals surface area (Å²) in [4.78, 5) is 0. The molecule has 2 aliphatic carbocycles. The van der Waals surface area contributed by atoms with Crippen LogP contribution in [0.5, 0.6) is 0 Å². The third kappa shape index (κ3) is 5.05. The lowest BCUT2D eigenvalue weighted by Crippen LogP contribution is -2.46. The zero-order valence-electron chi connectivity index (χ0n) is 13.0. The summed E-state index contributed by atoms with van der Waals surface area (Å²) in [5, 5.41) is 3.67. The van der Waals surface area contributed by atoms with Crippen LogP contribution in [-0.4, -0.2) is 37.5 Å². The molecule has 0 aromatic carbocycles. The Kier molecular flexibility index (Phi) is 5.27. The van der Waals surface area contributed by atoms with E-state index in [9.17, 15) is 0 Å². The van der Waals surface area contributed by atoms with Crippen LogP contribution in [0.1, 0.15) is 65.2 Å². The summed E-state index contributed by atoms with van der Waals surface area (Å²) in [6.07, 6.45) is 10.1.